The molecule has 8 aromatic carbocycles. The Morgan fingerprint density at radius 1 is 0.545 bits per heavy atom. The molecule has 1 amide bonds. The number of rotatable bonds is 23. The molecule has 546 valence electrons. The van der Waals surface area contributed by atoms with E-state index in [0.29, 0.717) is 35.4 Å². The zero-order valence-electron chi connectivity index (χ0n) is 56.5. The molecule has 1 aliphatic rings. The van der Waals surface area contributed by atoms with Crippen LogP contribution in [-0.2, 0) is 48.3 Å². The zero-order chi connectivity index (χ0) is 74.5. The highest BCUT2D eigenvalue weighted by molar-refractivity contribution is 7.99. The van der Waals surface area contributed by atoms with Gasteiger partial charge in [-0.1, -0.05) is 136 Å². The summed E-state index contributed by atoms with van der Waals surface area (Å²) in [6, 6.07) is 64.5. The number of cyclic esters (lactones) is 1. The van der Waals surface area contributed by atoms with Crippen molar-refractivity contribution in [3.05, 3.63) is 218 Å². The van der Waals surface area contributed by atoms with Crippen molar-refractivity contribution in [3.8, 4) is 46.0 Å². The van der Waals surface area contributed by atoms with E-state index < -0.39 is 101 Å². The number of thioether (sulfide) groups is 1. The molecule has 0 aromatic heterocycles. The molecule has 1 heterocycles. The molecule has 23 nitrogen and oxygen atoms in total. The lowest BCUT2D eigenvalue weighted by Gasteiger charge is -2.28. The lowest BCUT2D eigenvalue weighted by molar-refractivity contribution is -0.156. The Morgan fingerprint density at radius 2 is 0.851 bits per heavy atom. The molecule has 0 radical (unpaired) electrons. The lowest BCUT2D eigenvalue weighted by atomic mass is 9.88. The van der Waals surface area contributed by atoms with Gasteiger partial charge in [-0.3, -0.25) is 10.0 Å². The van der Waals surface area contributed by atoms with E-state index in [1.807, 2.05) is 146 Å². The summed E-state index contributed by atoms with van der Waals surface area (Å²) in [5.41, 5.74) is -2.28. The number of aliphatic hydroxyl groups is 4. The van der Waals surface area contributed by atoms with Gasteiger partial charge in [-0.05, 0) is 146 Å². The Bertz CT molecular complexity index is 3880. The summed E-state index contributed by atoms with van der Waals surface area (Å²) in [7, 11) is -6.35. The molecule has 8 aromatic rings. The number of aliphatic carboxylic acids is 1. The van der Waals surface area contributed by atoms with Gasteiger partial charge in [-0.2, -0.15) is 0 Å². The van der Waals surface area contributed by atoms with Crippen molar-refractivity contribution in [2.75, 3.05) is 31.0 Å². The first-order valence-electron chi connectivity index (χ1n) is 30.6. The number of hydrogen-bond donors (Lipinski definition) is 10. The molecule has 0 aliphatic carbocycles. The number of aliphatic hydroxyl groups excluding tert-OH is 4. The van der Waals surface area contributed by atoms with Gasteiger partial charge < -0.3 is 59.2 Å². The molecule has 4 atom stereocenters. The van der Waals surface area contributed by atoms with E-state index in [1.165, 1.54) is 81.3 Å². The molecule has 27 heteroatoms. The van der Waals surface area contributed by atoms with Crippen LogP contribution in [0, 0.1) is 21.7 Å². The summed E-state index contributed by atoms with van der Waals surface area (Å²) < 4.78 is 82.1. The molecule has 4 unspecified atom stereocenters. The third kappa shape index (κ3) is 28.6. The number of sulfone groups is 2. The van der Waals surface area contributed by atoms with Crippen LogP contribution in [0.15, 0.2) is 238 Å². The smallest absolute Gasteiger partial charge is 0.335 e. The van der Waals surface area contributed by atoms with Crippen molar-refractivity contribution in [3.63, 3.8) is 0 Å². The van der Waals surface area contributed by atoms with E-state index in [4.69, 9.17) is 39.6 Å². The first kappa shape index (κ1) is 86.4. The molecule has 9 rings (SSSR count). The fourth-order valence-corrected chi connectivity index (χ4v) is 13.5. The standard InChI is InChI=1S/C19H22O6S.C18H21NO6S.C18H20O4S.C12H10OS.C6H10O3.CH4.H3NO/c1-19(2,17(20)18(21)24-3)13-26(22,23)16-11-9-15(10-12-16)25-14-7-5-4-6-8-14;1-18(2,16(20)17(21)19-22)12-26(23,24)15-10-8-14(9-11-15)25-13-6-4-3-5-7-13;1-18(2,16(19)17(20)21)12-23-15-10-8-14(9-11-15)22-13-6-4-3-5-7-13;14-12-8-6-11(7-9-12)13-10-4-2-1-3-5-10;1-6(2)3-9-5(8)4(6)7;;1-2/h4-12,17,20H,13H2,1-3H3;3-11,16,20,22H,12H2,1-2H3,(H,19,21);3-11,16,19H,12H2,1-2H3,(H,20,21);1-9,14H;4,7H,3H2,1-2H3;1H4;2H,1H2. The highest BCUT2D eigenvalue weighted by atomic mass is 32.2. The first-order chi connectivity index (χ1) is 47.1. The second kappa shape index (κ2) is 40.6. The second-order valence-corrected chi connectivity index (χ2v) is 30.4. The topological polar surface area (TPSA) is 372 Å². The molecule has 0 spiro atoms. The zero-order valence-corrected chi connectivity index (χ0v) is 59.9. The van der Waals surface area contributed by atoms with Crippen LogP contribution >= 0.6 is 24.4 Å². The molecule has 0 bridgehead atoms. The number of esters is 2. The van der Waals surface area contributed by atoms with E-state index >= 15 is 0 Å². The number of amides is 1. The lowest BCUT2D eigenvalue weighted by Crippen LogP contribution is -2.46. The number of carboxylic acid groups (broad SMARTS) is 1. The molecule has 1 fully saturated rings. The highest BCUT2D eigenvalue weighted by Gasteiger charge is 2.43. The average molecular weight is 1470 g/mol. The number of nitrogens with two attached hydrogens (primary N) is 1. The van der Waals surface area contributed by atoms with Crippen LogP contribution in [0.1, 0.15) is 62.8 Å². The molecule has 0 saturated carbocycles. The van der Waals surface area contributed by atoms with Gasteiger partial charge in [0.15, 0.2) is 38.0 Å². The predicted molar refractivity (Wildman–Crippen MR) is 386 cm³/mol. The highest BCUT2D eigenvalue weighted by Crippen LogP contribution is 2.35. The van der Waals surface area contributed by atoms with Crippen LogP contribution in [0.5, 0.6) is 46.0 Å². The van der Waals surface area contributed by atoms with Crippen LogP contribution in [-0.4, -0.2) is 132 Å². The Hall–Kier alpha value is -8.84. The third-order valence-corrected chi connectivity index (χ3v) is 20.5. The van der Waals surface area contributed by atoms with E-state index in [2.05, 4.69) is 28.0 Å². The van der Waals surface area contributed by atoms with Crippen molar-refractivity contribution >= 4 is 67.9 Å². The van der Waals surface area contributed by atoms with Crippen molar-refractivity contribution in [1.82, 2.24) is 5.48 Å². The predicted octanol–water partition coefficient (Wildman–Crippen LogP) is 12.7. The molecule has 101 heavy (non-hydrogen) atoms. The maximum absolute atomic E-state index is 12.6. The molecule has 1 saturated heterocycles. The molecule has 10 N–H and O–H groups in total. The van der Waals surface area contributed by atoms with Crippen molar-refractivity contribution in [2.45, 2.75) is 107 Å². The first-order valence-corrected chi connectivity index (χ1v) is 35.3. The summed E-state index contributed by atoms with van der Waals surface area (Å²) in [5.74, 6) is 4.95. The van der Waals surface area contributed by atoms with E-state index in [1.54, 1.807) is 64.1 Å². The quantitative estimate of drug-likeness (QED) is 0.00935. The van der Waals surface area contributed by atoms with E-state index in [9.17, 15) is 51.3 Å². The minimum absolute atomic E-state index is 0. The van der Waals surface area contributed by atoms with Gasteiger partial charge in [0.25, 0.3) is 5.91 Å². The Morgan fingerprint density at radius 3 is 1.13 bits per heavy atom. The summed E-state index contributed by atoms with van der Waals surface area (Å²) >= 11 is 5.71. The average Bonchev–Trinajstić information content (AvgIpc) is 1.12. The van der Waals surface area contributed by atoms with Gasteiger partial charge >= 0.3 is 17.9 Å². The van der Waals surface area contributed by atoms with Gasteiger partial charge in [-0.25, -0.2) is 42.6 Å². The fraction of sp³-hybridized carbons (Fsp3) is 0.297. The number of carbonyl (C=O) groups is 4. The summed E-state index contributed by atoms with van der Waals surface area (Å²) in [4.78, 5) is 46.4. The SMILES string of the molecule is C.CC(C)(CS(=O)(=O)c1ccc(Oc2ccccc2)cc1)C(O)C(=O)NO.CC(C)(CSc1ccc(Oc2ccccc2)cc1)C(O)C(=O)O.CC1(C)COC(=O)C1O.COC(=O)C(O)C(C)(C)CS(=O)(=O)c1ccc(Oc2ccccc2)cc1.NO.Sc1ccc(Oc2ccccc2)cc1. The molecular formula is C74H90N2O21S4. The van der Waals surface area contributed by atoms with Crippen LogP contribution in [0.25, 0.3) is 0 Å². The van der Waals surface area contributed by atoms with E-state index in [0.717, 1.165) is 39.9 Å². The molecule has 1 aliphatic heterocycles. The number of nitrogens with one attached hydrogen (secondary N) is 1. The monoisotopic (exact) mass is 1470 g/mol. The van der Waals surface area contributed by atoms with Crippen molar-refractivity contribution in [1.29, 1.82) is 0 Å². The number of hydroxylamine groups is 1. The van der Waals surface area contributed by atoms with Crippen LogP contribution in [0.2, 0.25) is 0 Å². The summed E-state index contributed by atoms with van der Waals surface area (Å²) in [6.45, 7) is 13.3. The Balaban J connectivity index is 0.000000337. The number of methoxy groups -OCH3 is 1. The minimum atomic E-state index is -3.77. The minimum Gasteiger partial charge on any atom is -0.479 e. The van der Waals surface area contributed by atoms with E-state index in [-0.39, 0.29) is 17.2 Å². The molecular weight excluding hydrogens is 1380 g/mol. The number of para-hydroxylation sites is 4. The maximum Gasteiger partial charge on any atom is 0.335 e. The van der Waals surface area contributed by atoms with Gasteiger partial charge in [0, 0.05) is 37.2 Å². The maximum atomic E-state index is 12.6. The fourth-order valence-electron chi connectivity index (χ4n) is 8.61. The number of thiol groups is 1. The van der Waals surface area contributed by atoms with Gasteiger partial charge in [0.2, 0.25) is 0 Å². The second-order valence-electron chi connectivity index (χ2n) is 24.9. The summed E-state index contributed by atoms with van der Waals surface area (Å²) in [5, 5.41) is 62.7. The van der Waals surface area contributed by atoms with Crippen molar-refractivity contribution < 1.29 is 100 Å². The summed E-state index contributed by atoms with van der Waals surface area (Å²) in [6.07, 6.45) is -5.53. The Kier molecular flexibility index (Phi) is 34.7. The Labute approximate surface area is 600 Å². The van der Waals surface area contributed by atoms with Gasteiger partial charge in [0.05, 0.1) is 35.0 Å². The number of ether oxygens (including phenoxy) is 6. The van der Waals surface area contributed by atoms with Gasteiger partial charge in [-0.15, -0.1) is 24.4 Å². The number of hydrogen-bond acceptors (Lipinski definition) is 23. The van der Waals surface area contributed by atoms with Crippen molar-refractivity contribution in [2.24, 2.45) is 27.6 Å². The van der Waals surface area contributed by atoms with Gasteiger partial charge in [0.1, 0.15) is 52.1 Å². The largest absolute Gasteiger partial charge is 0.479 e. The van der Waals surface area contributed by atoms with Crippen LogP contribution < -0.4 is 30.3 Å². The van der Waals surface area contributed by atoms with Crippen LogP contribution in [0.4, 0.5) is 0 Å². The number of carbonyl (C=O) groups excluding carboxylic acids is 3. The number of carboxylic acids is 1. The van der Waals surface area contributed by atoms with Crippen LogP contribution in [0.3, 0.4) is 0 Å². The number of benzene rings is 8. The third-order valence-electron chi connectivity index (χ3n) is 14.5. The normalized spacial score (nSPS) is 13.9.